The third kappa shape index (κ3) is 1.31. The van der Waals surface area contributed by atoms with Crippen LogP contribution < -0.4 is 11.0 Å². The Kier molecular flexibility index (Phi) is 2.00. The van der Waals surface area contributed by atoms with Crippen LogP contribution in [0.2, 0.25) is 0 Å². The average Bonchev–Trinajstić information content (AvgIpc) is 2.70. The molecule has 4 heteroatoms. The van der Waals surface area contributed by atoms with Crippen molar-refractivity contribution >= 4 is 0 Å². The highest BCUT2D eigenvalue weighted by Crippen LogP contribution is 2.21. The fourth-order valence-electron chi connectivity index (χ4n) is 1.95. The van der Waals surface area contributed by atoms with Crippen LogP contribution in [0.25, 0.3) is 0 Å². The zero-order valence-electron chi connectivity index (χ0n) is 8.08. The van der Waals surface area contributed by atoms with Crippen LogP contribution in [-0.4, -0.2) is 15.7 Å². The first-order valence-electron chi connectivity index (χ1n) is 4.66. The van der Waals surface area contributed by atoms with Crippen LogP contribution in [0.1, 0.15) is 24.6 Å². The van der Waals surface area contributed by atoms with Gasteiger partial charge in [0.25, 0.3) is 0 Å². The normalized spacial score (nSPS) is 22.5. The molecule has 72 valence electrons. The fraction of sp³-hybridized carbons (Fsp3) is 0.667. The molecular formula is C9H15N3O. The van der Waals surface area contributed by atoms with E-state index in [0.29, 0.717) is 6.04 Å². The lowest BCUT2D eigenvalue weighted by molar-refractivity contribution is 0.594. The Morgan fingerprint density at radius 1 is 1.54 bits per heavy atom. The van der Waals surface area contributed by atoms with Gasteiger partial charge in [-0.3, -0.25) is 4.57 Å². The van der Waals surface area contributed by atoms with E-state index < -0.39 is 0 Å². The van der Waals surface area contributed by atoms with Crippen molar-refractivity contribution in [2.45, 2.75) is 18.9 Å². The van der Waals surface area contributed by atoms with Gasteiger partial charge in [0.15, 0.2) is 0 Å². The highest BCUT2D eigenvalue weighted by atomic mass is 16.1. The second kappa shape index (κ2) is 3.03. The van der Waals surface area contributed by atoms with E-state index in [9.17, 15) is 4.79 Å². The van der Waals surface area contributed by atoms with E-state index in [1.807, 2.05) is 13.2 Å². The van der Waals surface area contributed by atoms with Gasteiger partial charge in [-0.2, -0.15) is 0 Å². The van der Waals surface area contributed by atoms with Crippen LogP contribution >= 0.6 is 0 Å². The predicted molar refractivity (Wildman–Crippen MR) is 50.6 cm³/mol. The molecule has 0 radical (unpaired) electrons. The summed E-state index contributed by atoms with van der Waals surface area (Å²) in [7, 11) is 3.62. The maximum Gasteiger partial charge on any atom is 0.327 e. The number of rotatable bonds is 1. The molecule has 0 amide bonds. The standard InChI is InChI=1S/C9H15N3O/c1-11-6-8(12(2)9(11)13)7-4-3-5-10-7/h6-7,10H,3-5H2,1-2H3. The quantitative estimate of drug-likeness (QED) is 0.669. The topological polar surface area (TPSA) is 39.0 Å². The van der Waals surface area contributed by atoms with E-state index in [1.54, 1.807) is 16.2 Å². The summed E-state index contributed by atoms with van der Waals surface area (Å²) in [5.41, 5.74) is 1.16. The smallest absolute Gasteiger partial charge is 0.309 e. The number of aromatic nitrogens is 2. The van der Waals surface area contributed by atoms with Crippen molar-refractivity contribution in [2.75, 3.05) is 6.54 Å². The first-order valence-corrected chi connectivity index (χ1v) is 4.66. The van der Waals surface area contributed by atoms with Gasteiger partial charge in [-0.05, 0) is 19.4 Å². The zero-order valence-corrected chi connectivity index (χ0v) is 8.08. The molecule has 1 aliphatic rings. The highest BCUT2D eigenvalue weighted by Gasteiger charge is 2.20. The highest BCUT2D eigenvalue weighted by molar-refractivity contribution is 5.07. The van der Waals surface area contributed by atoms with Gasteiger partial charge in [0.05, 0.1) is 5.69 Å². The number of hydrogen-bond donors (Lipinski definition) is 1. The molecule has 13 heavy (non-hydrogen) atoms. The van der Waals surface area contributed by atoms with E-state index in [1.165, 1.54) is 6.42 Å². The van der Waals surface area contributed by atoms with Crippen LogP contribution in [0.4, 0.5) is 0 Å². The number of nitrogens with zero attached hydrogens (tertiary/aromatic N) is 2. The summed E-state index contributed by atoms with van der Waals surface area (Å²) in [5, 5.41) is 3.38. The van der Waals surface area contributed by atoms with Crippen LogP contribution in [0.3, 0.4) is 0 Å². The molecule has 0 bridgehead atoms. The van der Waals surface area contributed by atoms with Gasteiger partial charge in [0.2, 0.25) is 0 Å². The summed E-state index contributed by atoms with van der Waals surface area (Å²) in [6.45, 7) is 1.06. The molecule has 2 heterocycles. The van der Waals surface area contributed by atoms with Gasteiger partial charge < -0.3 is 9.88 Å². The molecule has 1 aromatic rings. The largest absolute Gasteiger partial charge is 0.327 e. The van der Waals surface area contributed by atoms with Crippen LogP contribution in [0.15, 0.2) is 11.0 Å². The molecule has 1 aromatic heterocycles. The lowest BCUT2D eigenvalue weighted by Crippen LogP contribution is -2.23. The monoisotopic (exact) mass is 181 g/mol. The van der Waals surface area contributed by atoms with Crippen molar-refractivity contribution in [3.05, 3.63) is 22.4 Å². The molecular weight excluding hydrogens is 166 g/mol. The van der Waals surface area contributed by atoms with Crippen molar-refractivity contribution in [1.29, 1.82) is 0 Å². The minimum Gasteiger partial charge on any atom is -0.309 e. The average molecular weight is 181 g/mol. The Balaban J connectivity index is 2.39. The van der Waals surface area contributed by atoms with Crippen LogP contribution in [0.5, 0.6) is 0 Å². The Morgan fingerprint density at radius 2 is 2.31 bits per heavy atom. The minimum atomic E-state index is 0.0590. The summed E-state index contributed by atoms with van der Waals surface area (Å²) < 4.78 is 3.36. The molecule has 2 rings (SSSR count). The zero-order chi connectivity index (χ0) is 9.42. The minimum absolute atomic E-state index is 0.0590. The van der Waals surface area contributed by atoms with E-state index >= 15 is 0 Å². The fourth-order valence-corrected chi connectivity index (χ4v) is 1.95. The van der Waals surface area contributed by atoms with Crippen molar-refractivity contribution in [2.24, 2.45) is 14.1 Å². The summed E-state index contributed by atoms with van der Waals surface area (Å²) in [4.78, 5) is 11.4. The van der Waals surface area contributed by atoms with Crippen LogP contribution in [0, 0.1) is 0 Å². The van der Waals surface area contributed by atoms with Crippen molar-refractivity contribution in [3.8, 4) is 0 Å². The van der Waals surface area contributed by atoms with Gasteiger partial charge in [-0.15, -0.1) is 0 Å². The predicted octanol–water partition coefficient (Wildman–Crippen LogP) is 0.148. The number of nitrogens with one attached hydrogen (secondary N) is 1. The summed E-state index contributed by atoms with van der Waals surface area (Å²) in [6.07, 6.45) is 4.26. The molecule has 1 aliphatic heterocycles. The summed E-state index contributed by atoms with van der Waals surface area (Å²) in [5.74, 6) is 0. The molecule has 1 N–H and O–H groups in total. The van der Waals surface area contributed by atoms with Gasteiger partial charge in [0.1, 0.15) is 0 Å². The maximum atomic E-state index is 11.4. The Labute approximate surface area is 77.2 Å². The third-order valence-corrected chi connectivity index (χ3v) is 2.72. The molecule has 0 spiro atoms. The van der Waals surface area contributed by atoms with Crippen molar-refractivity contribution in [3.63, 3.8) is 0 Å². The first kappa shape index (κ1) is 8.56. The Bertz CT molecular complexity index is 357. The molecule has 1 fully saturated rings. The van der Waals surface area contributed by atoms with E-state index in [-0.39, 0.29) is 5.69 Å². The van der Waals surface area contributed by atoms with Gasteiger partial charge in [-0.1, -0.05) is 0 Å². The first-order chi connectivity index (χ1) is 6.20. The number of aryl methyl sites for hydroxylation is 1. The molecule has 0 aromatic carbocycles. The van der Waals surface area contributed by atoms with E-state index in [4.69, 9.17) is 0 Å². The molecule has 0 aliphatic carbocycles. The van der Waals surface area contributed by atoms with Crippen molar-refractivity contribution < 1.29 is 0 Å². The van der Waals surface area contributed by atoms with Crippen LogP contribution in [-0.2, 0) is 14.1 Å². The SMILES string of the molecule is Cn1cc(C2CCCN2)n(C)c1=O. The lowest BCUT2D eigenvalue weighted by Gasteiger charge is -2.09. The lowest BCUT2D eigenvalue weighted by atomic mass is 10.2. The summed E-state index contributed by atoms with van der Waals surface area (Å²) >= 11 is 0. The third-order valence-electron chi connectivity index (χ3n) is 2.72. The molecule has 0 saturated carbocycles. The van der Waals surface area contributed by atoms with Gasteiger partial charge in [0, 0.05) is 26.3 Å². The maximum absolute atomic E-state index is 11.4. The summed E-state index contributed by atoms with van der Waals surface area (Å²) in [6, 6.07) is 0.374. The Hall–Kier alpha value is -1.03. The van der Waals surface area contributed by atoms with E-state index in [2.05, 4.69) is 5.32 Å². The number of hydrogen-bond acceptors (Lipinski definition) is 2. The second-order valence-corrected chi connectivity index (χ2v) is 3.66. The number of imidazole rings is 1. The van der Waals surface area contributed by atoms with E-state index in [0.717, 1.165) is 18.7 Å². The molecule has 1 atom stereocenters. The van der Waals surface area contributed by atoms with Gasteiger partial charge in [-0.25, -0.2) is 4.79 Å². The molecule has 1 saturated heterocycles. The second-order valence-electron chi connectivity index (χ2n) is 3.66. The molecule has 4 nitrogen and oxygen atoms in total. The van der Waals surface area contributed by atoms with Crippen molar-refractivity contribution in [1.82, 2.24) is 14.5 Å². The Morgan fingerprint density at radius 3 is 2.77 bits per heavy atom. The molecule has 1 unspecified atom stereocenters. The van der Waals surface area contributed by atoms with Gasteiger partial charge >= 0.3 is 5.69 Å².